The number of ether oxygens (including phenoxy) is 2. The van der Waals surface area contributed by atoms with Crippen molar-refractivity contribution < 1.29 is 37.6 Å². The first kappa shape index (κ1) is 63.0. The molecule has 0 aliphatic rings. The van der Waals surface area contributed by atoms with Crippen LogP contribution in [-0.2, 0) is 32.7 Å². The molecule has 0 fully saturated rings. The molecule has 0 aliphatic carbocycles. The average Bonchev–Trinajstić information content (AvgIpc) is 3.30. The van der Waals surface area contributed by atoms with E-state index in [9.17, 15) is 19.0 Å². The molecule has 0 aromatic carbocycles. The summed E-state index contributed by atoms with van der Waals surface area (Å²) in [6.45, 7) is 3.65. The molecule has 0 aromatic heterocycles. The van der Waals surface area contributed by atoms with Crippen LogP contribution in [-0.4, -0.2) is 49.3 Å². The van der Waals surface area contributed by atoms with Gasteiger partial charge in [-0.05, 0) is 51.4 Å². The summed E-state index contributed by atoms with van der Waals surface area (Å²) in [5, 5.41) is 0. The Kier molecular flexibility index (Phi) is 49.8. The summed E-state index contributed by atoms with van der Waals surface area (Å²) in [7, 11) is -4.39. The van der Waals surface area contributed by atoms with Gasteiger partial charge in [-0.1, -0.05) is 242 Å². The van der Waals surface area contributed by atoms with E-state index in [2.05, 4.69) is 62.5 Å². The lowest BCUT2D eigenvalue weighted by atomic mass is 10.0. The van der Waals surface area contributed by atoms with Crippen LogP contribution in [0.5, 0.6) is 0 Å². The van der Waals surface area contributed by atoms with Gasteiger partial charge in [-0.3, -0.25) is 18.6 Å². The third-order valence-electron chi connectivity index (χ3n) is 11.7. The van der Waals surface area contributed by atoms with Gasteiger partial charge in [0.15, 0.2) is 6.10 Å². The summed E-state index contributed by atoms with van der Waals surface area (Å²) in [6.07, 6.45) is 61.6. The van der Waals surface area contributed by atoms with Crippen molar-refractivity contribution in [3.8, 4) is 0 Å². The first-order valence-electron chi connectivity index (χ1n) is 27.1. The van der Waals surface area contributed by atoms with Crippen molar-refractivity contribution in [2.45, 2.75) is 264 Å². The zero-order valence-corrected chi connectivity index (χ0v) is 43.1. The number of rotatable bonds is 51. The second kappa shape index (κ2) is 51.4. The topological polar surface area (TPSA) is 134 Å². The number of phosphoric acid groups is 1. The van der Waals surface area contributed by atoms with Crippen LogP contribution in [0.25, 0.3) is 0 Å². The minimum Gasteiger partial charge on any atom is -0.462 e. The molecule has 0 saturated heterocycles. The summed E-state index contributed by atoms with van der Waals surface area (Å²) < 4.78 is 33.0. The van der Waals surface area contributed by atoms with E-state index >= 15 is 0 Å². The summed E-state index contributed by atoms with van der Waals surface area (Å²) >= 11 is 0. The Morgan fingerprint density at radius 2 is 0.846 bits per heavy atom. The minimum absolute atomic E-state index is 0.0505. The molecule has 0 rings (SSSR count). The summed E-state index contributed by atoms with van der Waals surface area (Å²) in [6, 6.07) is 0. The molecule has 65 heavy (non-hydrogen) atoms. The van der Waals surface area contributed by atoms with Gasteiger partial charge in [-0.25, -0.2) is 4.57 Å². The molecule has 0 heterocycles. The highest BCUT2D eigenvalue weighted by molar-refractivity contribution is 7.47. The quantitative estimate of drug-likeness (QED) is 0.0265. The van der Waals surface area contributed by atoms with E-state index in [4.69, 9.17) is 24.3 Å². The number of allylic oxidation sites excluding steroid dienone is 8. The van der Waals surface area contributed by atoms with Crippen LogP contribution in [0, 0.1) is 0 Å². The zero-order chi connectivity index (χ0) is 47.4. The Bertz CT molecular complexity index is 1200. The van der Waals surface area contributed by atoms with E-state index in [0.29, 0.717) is 6.42 Å². The number of unbranched alkanes of at least 4 members (excludes halogenated alkanes) is 30. The number of hydrogen-bond donors (Lipinski definition) is 2. The zero-order valence-electron chi connectivity index (χ0n) is 42.2. The SMILES string of the molecule is CC/C=C\C/C=C\C/C=C\C/C=C\CCCCCCCCC(=O)OC(COC(=O)CCCCCCCCCCCCCCCCCCCCCCCCCCC)COP(=O)(O)OCCN. The number of nitrogens with two attached hydrogens (primary N) is 1. The largest absolute Gasteiger partial charge is 0.472 e. The fourth-order valence-corrected chi connectivity index (χ4v) is 8.51. The highest BCUT2D eigenvalue weighted by atomic mass is 31.2. The van der Waals surface area contributed by atoms with Crippen molar-refractivity contribution in [1.82, 2.24) is 0 Å². The van der Waals surface area contributed by atoms with Crippen LogP contribution in [0.3, 0.4) is 0 Å². The number of esters is 2. The van der Waals surface area contributed by atoms with Gasteiger partial charge in [-0.2, -0.15) is 0 Å². The lowest BCUT2D eigenvalue weighted by Gasteiger charge is -2.19. The lowest BCUT2D eigenvalue weighted by Crippen LogP contribution is -2.29. The molecule has 0 amide bonds. The van der Waals surface area contributed by atoms with Crippen LogP contribution in [0.15, 0.2) is 48.6 Å². The molecule has 0 aliphatic heterocycles. The second-order valence-electron chi connectivity index (χ2n) is 18.1. The maximum Gasteiger partial charge on any atom is 0.472 e. The molecular weight excluding hydrogens is 834 g/mol. The van der Waals surface area contributed by atoms with E-state index in [0.717, 1.165) is 83.5 Å². The van der Waals surface area contributed by atoms with E-state index < -0.39 is 26.5 Å². The molecule has 3 N–H and O–H groups in total. The fourth-order valence-electron chi connectivity index (χ4n) is 7.75. The first-order valence-corrected chi connectivity index (χ1v) is 28.6. The maximum absolute atomic E-state index is 12.7. The predicted octanol–water partition coefficient (Wildman–Crippen LogP) is 16.6. The van der Waals surface area contributed by atoms with Gasteiger partial charge in [0.1, 0.15) is 6.61 Å². The summed E-state index contributed by atoms with van der Waals surface area (Å²) in [5.74, 6) is -0.835. The number of carbonyl (C=O) groups excluding carboxylic acids is 2. The first-order chi connectivity index (χ1) is 31.8. The van der Waals surface area contributed by atoms with Crippen molar-refractivity contribution in [1.29, 1.82) is 0 Å². The van der Waals surface area contributed by atoms with Crippen LogP contribution in [0.2, 0.25) is 0 Å². The predicted molar refractivity (Wildman–Crippen MR) is 275 cm³/mol. The van der Waals surface area contributed by atoms with E-state index in [1.165, 1.54) is 141 Å². The Morgan fingerprint density at radius 3 is 1.26 bits per heavy atom. The van der Waals surface area contributed by atoms with Gasteiger partial charge in [0, 0.05) is 19.4 Å². The average molecular weight is 936 g/mol. The standard InChI is InChI=1S/C55H102NO8P/c1-3-5-7-9-11-13-15-17-19-21-23-24-25-26-27-28-30-31-33-35-37-39-41-43-45-47-54(57)61-51-53(52-63-65(59,60)62-50-49-56)64-55(58)48-46-44-42-40-38-36-34-32-29-22-20-18-16-14-12-10-8-6-4-2/h6,8,12,14,18,20,29,32,53H,3-5,7,9-11,13,15-17,19,21-28,30-31,33-52,56H2,1-2H3,(H,59,60)/b8-6-,14-12-,20-18-,32-29-. The van der Waals surface area contributed by atoms with Crippen LogP contribution >= 0.6 is 7.82 Å². The Hall–Kier alpha value is -2.03. The van der Waals surface area contributed by atoms with Crippen molar-refractivity contribution >= 4 is 19.8 Å². The van der Waals surface area contributed by atoms with Crippen LogP contribution in [0.4, 0.5) is 0 Å². The van der Waals surface area contributed by atoms with Crippen molar-refractivity contribution in [3.63, 3.8) is 0 Å². The molecular formula is C55H102NO8P. The van der Waals surface area contributed by atoms with Crippen LogP contribution in [0.1, 0.15) is 258 Å². The monoisotopic (exact) mass is 936 g/mol. The normalized spacial score (nSPS) is 13.5. The maximum atomic E-state index is 12.7. The second-order valence-corrected chi connectivity index (χ2v) is 19.5. The molecule has 2 unspecified atom stereocenters. The summed E-state index contributed by atoms with van der Waals surface area (Å²) in [5.41, 5.74) is 5.37. The Morgan fingerprint density at radius 1 is 0.477 bits per heavy atom. The van der Waals surface area contributed by atoms with Gasteiger partial charge in [0.25, 0.3) is 0 Å². The highest BCUT2D eigenvalue weighted by Gasteiger charge is 2.26. The minimum atomic E-state index is -4.39. The van der Waals surface area contributed by atoms with Gasteiger partial charge < -0.3 is 20.1 Å². The van der Waals surface area contributed by atoms with Gasteiger partial charge >= 0.3 is 19.8 Å². The van der Waals surface area contributed by atoms with Gasteiger partial charge in [0.05, 0.1) is 13.2 Å². The van der Waals surface area contributed by atoms with E-state index in [-0.39, 0.29) is 38.6 Å². The molecule has 0 spiro atoms. The lowest BCUT2D eigenvalue weighted by molar-refractivity contribution is -0.161. The fraction of sp³-hybridized carbons (Fsp3) is 0.818. The van der Waals surface area contributed by atoms with Crippen molar-refractivity contribution in [2.75, 3.05) is 26.4 Å². The number of phosphoric ester groups is 1. The molecule has 10 heteroatoms. The Balaban J connectivity index is 3.98. The Labute approximate surface area is 400 Å². The van der Waals surface area contributed by atoms with Crippen molar-refractivity contribution in [3.05, 3.63) is 48.6 Å². The van der Waals surface area contributed by atoms with Crippen molar-refractivity contribution in [2.24, 2.45) is 5.73 Å². The van der Waals surface area contributed by atoms with Gasteiger partial charge in [0.2, 0.25) is 0 Å². The van der Waals surface area contributed by atoms with Gasteiger partial charge in [-0.15, -0.1) is 0 Å². The van der Waals surface area contributed by atoms with E-state index in [1.807, 2.05) is 0 Å². The molecule has 2 atom stereocenters. The molecule has 0 aromatic rings. The summed E-state index contributed by atoms with van der Waals surface area (Å²) in [4.78, 5) is 35.1. The number of carbonyl (C=O) groups is 2. The molecule has 9 nitrogen and oxygen atoms in total. The number of hydrogen-bond acceptors (Lipinski definition) is 8. The third kappa shape index (κ3) is 51.2. The van der Waals surface area contributed by atoms with Crippen LogP contribution < -0.4 is 5.73 Å². The molecule has 0 saturated carbocycles. The molecule has 0 bridgehead atoms. The molecule has 0 radical (unpaired) electrons. The third-order valence-corrected chi connectivity index (χ3v) is 12.7. The van der Waals surface area contributed by atoms with E-state index in [1.54, 1.807) is 0 Å². The molecule has 380 valence electrons. The smallest absolute Gasteiger partial charge is 0.462 e. The highest BCUT2D eigenvalue weighted by Crippen LogP contribution is 2.43.